The highest BCUT2D eigenvalue weighted by molar-refractivity contribution is 5.45. The van der Waals surface area contributed by atoms with E-state index in [1.165, 1.54) is 0 Å². The Morgan fingerprint density at radius 1 is 1.29 bits per heavy atom. The van der Waals surface area contributed by atoms with Gasteiger partial charge in [0.15, 0.2) is 11.5 Å². The van der Waals surface area contributed by atoms with E-state index in [0.717, 1.165) is 17.1 Å². The van der Waals surface area contributed by atoms with Crippen LogP contribution in [0.4, 0.5) is 0 Å². The lowest BCUT2D eigenvalue weighted by molar-refractivity contribution is 0.0636. The molecule has 0 amide bonds. The first kappa shape index (κ1) is 12.2. The van der Waals surface area contributed by atoms with E-state index in [4.69, 9.17) is 24.7 Å². The summed E-state index contributed by atoms with van der Waals surface area (Å²) in [6.45, 7) is 1.87. The third kappa shape index (κ3) is 3.09. The lowest BCUT2D eigenvalue weighted by atomic mass is 10.1. The van der Waals surface area contributed by atoms with Crippen molar-refractivity contribution < 1.29 is 18.9 Å². The average molecular weight is 239 g/mol. The number of nitrogens with two attached hydrogens (primary N) is 1. The van der Waals surface area contributed by atoms with E-state index >= 15 is 0 Å². The van der Waals surface area contributed by atoms with Crippen LogP contribution in [0.25, 0.3) is 0 Å². The SMILES string of the molecule is COCCOCC(N)c1ccc2c(c1)OCO2. The van der Waals surface area contributed by atoms with Gasteiger partial charge in [0.25, 0.3) is 0 Å². The molecule has 0 fully saturated rings. The van der Waals surface area contributed by atoms with Crippen molar-refractivity contribution >= 4 is 0 Å². The fraction of sp³-hybridized carbons (Fsp3) is 0.500. The maximum Gasteiger partial charge on any atom is 0.231 e. The number of benzene rings is 1. The van der Waals surface area contributed by atoms with Crippen molar-refractivity contribution in [3.8, 4) is 11.5 Å². The van der Waals surface area contributed by atoms with Crippen LogP contribution in [0.5, 0.6) is 11.5 Å². The second kappa shape index (κ2) is 5.86. The smallest absolute Gasteiger partial charge is 0.231 e. The summed E-state index contributed by atoms with van der Waals surface area (Å²) in [4.78, 5) is 0. The van der Waals surface area contributed by atoms with Crippen molar-refractivity contribution in [3.63, 3.8) is 0 Å². The molecular formula is C12H17NO4. The molecule has 0 bridgehead atoms. The summed E-state index contributed by atoms with van der Waals surface area (Å²) in [5.74, 6) is 1.51. The van der Waals surface area contributed by atoms with E-state index in [2.05, 4.69) is 0 Å². The first-order chi connectivity index (χ1) is 8.31. The van der Waals surface area contributed by atoms with Crippen molar-refractivity contribution in [1.29, 1.82) is 0 Å². The number of hydrogen-bond donors (Lipinski definition) is 1. The molecule has 1 atom stereocenters. The van der Waals surface area contributed by atoms with E-state index in [0.29, 0.717) is 19.8 Å². The molecule has 1 aliphatic rings. The lowest BCUT2D eigenvalue weighted by Gasteiger charge is -2.12. The summed E-state index contributed by atoms with van der Waals surface area (Å²) >= 11 is 0. The molecule has 0 aliphatic carbocycles. The summed E-state index contributed by atoms with van der Waals surface area (Å²) in [6, 6.07) is 5.53. The molecule has 94 valence electrons. The highest BCUT2D eigenvalue weighted by Crippen LogP contribution is 2.33. The van der Waals surface area contributed by atoms with E-state index < -0.39 is 0 Å². The molecule has 0 saturated carbocycles. The Morgan fingerprint density at radius 3 is 2.94 bits per heavy atom. The first-order valence-electron chi connectivity index (χ1n) is 5.53. The van der Waals surface area contributed by atoms with Crippen LogP contribution in [0.1, 0.15) is 11.6 Å². The second-order valence-electron chi connectivity index (χ2n) is 3.79. The Labute approximate surface area is 100 Å². The summed E-state index contributed by atoms with van der Waals surface area (Å²) in [5, 5.41) is 0. The molecule has 5 heteroatoms. The van der Waals surface area contributed by atoms with E-state index in [1.807, 2.05) is 18.2 Å². The Balaban J connectivity index is 1.88. The summed E-state index contributed by atoms with van der Waals surface area (Å²) in [5.41, 5.74) is 6.99. The molecule has 1 aromatic carbocycles. The van der Waals surface area contributed by atoms with Crippen LogP contribution in [0.3, 0.4) is 0 Å². The molecule has 2 N–H and O–H groups in total. The lowest BCUT2D eigenvalue weighted by Crippen LogP contribution is -2.18. The van der Waals surface area contributed by atoms with Gasteiger partial charge in [-0.2, -0.15) is 0 Å². The van der Waals surface area contributed by atoms with Gasteiger partial charge in [0.1, 0.15) is 0 Å². The number of ether oxygens (including phenoxy) is 4. The molecule has 0 spiro atoms. The molecule has 1 aliphatic heterocycles. The summed E-state index contributed by atoms with van der Waals surface area (Å²) in [7, 11) is 1.64. The van der Waals surface area contributed by atoms with Crippen LogP contribution in [0.15, 0.2) is 18.2 Å². The molecule has 1 unspecified atom stereocenters. The zero-order valence-electron chi connectivity index (χ0n) is 9.85. The van der Waals surface area contributed by atoms with Crippen LogP contribution in [0.2, 0.25) is 0 Å². The average Bonchev–Trinajstić information content (AvgIpc) is 2.81. The Hall–Kier alpha value is -1.30. The first-order valence-corrected chi connectivity index (χ1v) is 5.53. The molecule has 2 rings (SSSR count). The van der Waals surface area contributed by atoms with Crippen molar-refractivity contribution in [3.05, 3.63) is 23.8 Å². The maximum atomic E-state index is 6.01. The number of hydrogen-bond acceptors (Lipinski definition) is 5. The molecule has 5 nitrogen and oxygen atoms in total. The maximum absolute atomic E-state index is 6.01. The van der Waals surface area contributed by atoms with Gasteiger partial charge in [-0.25, -0.2) is 0 Å². The third-order valence-electron chi connectivity index (χ3n) is 2.55. The zero-order valence-corrected chi connectivity index (χ0v) is 9.85. The monoisotopic (exact) mass is 239 g/mol. The van der Waals surface area contributed by atoms with Crippen LogP contribution >= 0.6 is 0 Å². The minimum absolute atomic E-state index is 0.165. The predicted octanol–water partition coefficient (Wildman–Crippen LogP) is 1.08. The fourth-order valence-corrected chi connectivity index (χ4v) is 1.59. The molecular weight excluding hydrogens is 222 g/mol. The van der Waals surface area contributed by atoms with Crippen molar-refractivity contribution in [2.24, 2.45) is 5.73 Å². The Kier molecular flexibility index (Phi) is 4.19. The fourth-order valence-electron chi connectivity index (χ4n) is 1.59. The van der Waals surface area contributed by atoms with E-state index in [1.54, 1.807) is 7.11 Å². The number of fused-ring (bicyclic) bond motifs is 1. The van der Waals surface area contributed by atoms with Crippen LogP contribution < -0.4 is 15.2 Å². The number of methoxy groups -OCH3 is 1. The van der Waals surface area contributed by atoms with Crippen LogP contribution in [-0.2, 0) is 9.47 Å². The highest BCUT2D eigenvalue weighted by atomic mass is 16.7. The van der Waals surface area contributed by atoms with Crippen molar-refractivity contribution in [1.82, 2.24) is 0 Å². The topological polar surface area (TPSA) is 62.9 Å². The quantitative estimate of drug-likeness (QED) is 0.752. The number of rotatable bonds is 6. The predicted molar refractivity (Wildman–Crippen MR) is 62.2 cm³/mol. The molecule has 0 aromatic heterocycles. The van der Waals surface area contributed by atoms with Gasteiger partial charge in [-0.1, -0.05) is 6.07 Å². The standard InChI is InChI=1S/C12H17NO4/c1-14-4-5-15-7-10(13)9-2-3-11-12(6-9)17-8-16-11/h2-3,6,10H,4-5,7-8,13H2,1H3. The largest absolute Gasteiger partial charge is 0.454 e. The Morgan fingerprint density at radius 2 is 2.12 bits per heavy atom. The summed E-state index contributed by atoms with van der Waals surface area (Å²) in [6.07, 6.45) is 0. The van der Waals surface area contributed by atoms with Gasteiger partial charge >= 0.3 is 0 Å². The van der Waals surface area contributed by atoms with Gasteiger partial charge in [-0.05, 0) is 17.7 Å². The normalized spacial score (nSPS) is 14.9. The van der Waals surface area contributed by atoms with Gasteiger partial charge in [0.2, 0.25) is 6.79 Å². The highest BCUT2D eigenvalue weighted by Gasteiger charge is 2.15. The summed E-state index contributed by atoms with van der Waals surface area (Å²) < 4.78 is 20.8. The van der Waals surface area contributed by atoms with Gasteiger partial charge < -0.3 is 24.7 Å². The minimum Gasteiger partial charge on any atom is -0.454 e. The van der Waals surface area contributed by atoms with Gasteiger partial charge in [0.05, 0.1) is 25.9 Å². The zero-order chi connectivity index (χ0) is 12.1. The van der Waals surface area contributed by atoms with Crippen molar-refractivity contribution in [2.45, 2.75) is 6.04 Å². The van der Waals surface area contributed by atoms with Crippen LogP contribution in [0, 0.1) is 0 Å². The van der Waals surface area contributed by atoms with Gasteiger partial charge in [-0.3, -0.25) is 0 Å². The molecule has 1 aromatic rings. The molecule has 1 heterocycles. The third-order valence-corrected chi connectivity index (χ3v) is 2.55. The van der Waals surface area contributed by atoms with Crippen molar-refractivity contribution in [2.75, 3.05) is 33.7 Å². The minimum atomic E-state index is -0.165. The molecule has 0 saturated heterocycles. The second-order valence-corrected chi connectivity index (χ2v) is 3.79. The molecule has 0 radical (unpaired) electrons. The molecule has 17 heavy (non-hydrogen) atoms. The van der Waals surface area contributed by atoms with Gasteiger partial charge in [0, 0.05) is 7.11 Å². The van der Waals surface area contributed by atoms with E-state index in [-0.39, 0.29) is 12.8 Å². The van der Waals surface area contributed by atoms with Crippen LogP contribution in [-0.4, -0.2) is 33.7 Å². The van der Waals surface area contributed by atoms with E-state index in [9.17, 15) is 0 Å². The van der Waals surface area contributed by atoms with Gasteiger partial charge in [-0.15, -0.1) is 0 Å². The Bertz CT molecular complexity index is 370.